The van der Waals surface area contributed by atoms with Crippen LogP contribution in [0.3, 0.4) is 0 Å². The summed E-state index contributed by atoms with van der Waals surface area (Å²) in [5, 5.41) is 12.5. The fourth-order valence-electron chi connectivity index (χ4n) is 3.75. The third-order valence-corrected chi connectivity index (χ3v) is 6.56. The first-order valence-corrected chi connectivity index (χ1v) is 12.5. The first kappa shape index (κ1) is 25.2. The Hall–Kier alpha value is -2.87. The smallest absolute Gasteiger partial charge is 0.252 e. The van der Waals surface area contributed by atoms with Gasteiger partial charge in [0.25, 0.3) is 5.91 Å². The van der Waals surface area contributed by atoms with Gasteiger partial charge >= 0.3 is 0 Å². The molecule has 2 N–H and O–H groups in total. The molecule has 0 aliphatic carbocycles. The average molecular weight is 558 g/mol. The second-order valence-corrected chi connectivity index (χ2v) is 9.59. The molecule has 0 saturated carbocycles. The standard InChI is InChI=1S/C27H26BrClN2O4/c28-22-10-6-19(7-11-22)16-27(26(33)30-17-21-4-1-2-5-24(21)29)18-35-25(31-27)20-8-12-23(13-9-20)34-15-3-14-32/h1-2,4-13,32H,3,14-18H2,(H,30,33)/t27-/m1/s1. The number of carbonyl (C=O) groups excluding carboxylic acids is 1. The van der Waals surface area contributed by atoms with Crippen LogP contribution in [0.15, 0.2) is 82.3 Å². The molecular weight excluding hydrogens is 532 g/mol. The summed E-state index contributed by atoms with van der Waals surface area (Å²) in [6, 6.07) is 22.6. The molecule has 3 aromatic rings. The normalized spacial score (nSPS) is 16.9. The SMILES string of the molecule is O=C(NCc1ccccc1Cl)[C@@]1(Cc2ccc(Br)cc2)COC(c2ccc(OCCCO)cc2)=N1. The third kappa shape index (κ3) is 6.42. The van der Waals surface area contributed by atoms with Gasteiger partial charge in [-0.15, -0.1) is 0 Å². The monoisotopic (exact) mass is 556 g/mol. The van der Waals surface area contributed by atoms with E-state index in [4.69, 9.17) is 31.2 Å². The fourth-order valence-corrected chi connectivity index (χ4v) is 4.22. The van der Waals surface area contributed by atoms with Crippen molar-refractivity contribution >= 4 is 39.3 Å². The molecule has 6 nitrogen and oxygen atoms in total. The molecule has 0 saturated heterocycles. The predicted molar refractivity (Wildman–Crippen MR) is 140 cm³/mol. The van der Waals surface area contributed by atoms with E-state index in [1.54, 1.807) is 6.07 Å². The molecule has 3 aromatic carbocycles. The molecule has 0 unspecified atom stereocenters. The summed E-state index contributed by atoms with van der Waals surface area (Å²) in [6.45, 7) is 0.948. The van der Waals surface area contributed by atoms with Gasteiger partial charge in [-0.25, -0.2) is 4.99 Å². The van der Waals surface area contributed by atoms with Crippen molar-refractivity contribution in [3.63, 3.8) is 0 Å². The zero-order valence-corrected chi connectivity index (χ0v) is 21.4. The molecule has 182 valence electrons. The Balaban J connectivity index is 1.56. The van der Waals surface area contributed by atoms with E-state index in [1.165, 1.54) is 0 Å². The summed E-state index contributed by atoms with van der Waals surface area (Å²) in [4.78, 5) is 18.3. The summed E-state index contributed by atoms with van der Waals surface area (Å²) >= 11 is 9.73. The maximum absolute atomic E-state index is 13.5. The van der Waals surface area contributed by atoms with E-state index in [0.29, 0.717) is 42.7 Å². The van der Waals surface area contributed by atoms with Crippen LogP contribution >= 0.6 is 27.5 Å². The maximum atomic E-state index is 13.5. The van der Waals surface area contributed by atoms with Gasteiger partial charge in [-0.05, 0) is 53.6 Å². The highest BCUT2D eigenvalue weighted by Gasteiger charge is 2.44. The van der Waals surface area contributed by atoms with Gasteiger partial charge in [0, 0.05) is 41.1 Å². The summed E-state index contributed by atoms with van der Waals surface area (Å²) in [7, 11) is 0. The van der Waals surface area contributed by atoms with Crippen LogP contribution in [0.25, 0.3) is 0 Å². The highest BCUT2D eigenvalue weighted by molar-refractivity contribution is 9.10. The van der Waals surface area contributed by atoms with Gasteiger partial charge in [-0.2, -0.15) is 0 Å². The predicted octanol–water partition coefficient (Wildman–Crippen LogP) is 4.94. The number of halogens is 2. The molecule has 0 fully saturated rings. The van der Waals surface area contributed by atoms with Crippen LogP contribution in [-0.2, 0) is 22.5 Å². The number of amides is 1. The Bertz CT molecular complexity index is 1180. The van der Waals surface area contributed by atoms with Gasteiger partial charge in [-0.3, -0.25) is 4.79 Å². The number of aliphatic hydroxyl groups excluding tert-OH is 1. The lowest BCUT2D eigenvalue weighted by molar-refractivity contribution is -0.126. The number of nitrogens with zero attached hydrogens (tertiary/aromatic N) is 1. The fraction of sp³-hybridized carbons (Fsp3) is 0.259. The van der Waals surface area contributed by atoms with E-state index < -0.39 is 5.54 Å². The molecule has 1 aliphatic heterocycles. The summed E-state index contributed by atoms with van der Waals surface area (Å²) in [6.07, 6.45) is 0.958. The number of ether oxygens (including phenoxy) is 2. The van der Waals surface area contributed by atoms with E-state index in [0.717, 1.165) is 21.2 Å². The van der Waals surface area contributed by atoms with Gasteiger partial charge in [0.15, 0.2) is 5.54 Å². The lowest BCUT2D eigenvalue weighted by atomic mass is 9.91. The second-order valence-electron chi connectivity index (χ2n) is 8.26. The Labute approximate surface area is 218 Å². The molecule has 35 heavy (non-hydrogen) atoms. The van der Waals surface area contributed by atoms with Crippen molar-refractivity contribution in [2.45, 2.75) is 24.9 Å². The Morgan fingerprint density at radius 2 is 1.86 bits per heavy atom. The third-order valence-electron chi connectivity index (χ3n) is 5.67. The number of hydrogen-bond acceptors (Lipinski definition) is 5. The first-order chi connectivity index (χ1) is 17.0. The van der Waals surface area contributed by atoms with Crippen molar-refractivity contribution in [2.24, 2.45) is 4.99 Å². The van der Waals surface area contributed by atoms with Crippen molar-refractivity contribution in [1.82, 2.24) is 5.32 Å². The largest absolute Gasteiger partial charge is 0.494 e. The van der Waals surface area contributed by atoms with Crippen molar-refractivity contribution < 1.29 is 19.4 Å². The highest BCUT2D eigenvalue weighted by atomic mass is 79.9. The van der Waals surface area contributed by atoms with Gasteiger partial charge in [0.1, 0.15) is 12.4 Å². The number of nitrogens with one attached hydrogen (secondary N) is 1. The van der Waals surface area contributed by atoms with Crippen molar-refractivity contribution in [2.75, 3.05) is 19.8 Å². The van der Waals surface area contributed by atoms with Crippen LogP contribution in [-0.4, -0.2) is 42.3 Å². The molecule has 1 amide bonds. The number of hydrogen-bond donors (Lipinski definition) is 2. The minimum absolute atomic E-state index is 0.0850. The minimum Gasteiger partial charge on any atom is -0.494 e. The Morgan fingerprint density at radius 3 is 2.57 bits per heavy atom. The lowest BCUT2D eigenvalue weighted by Gasteiger charge is -2.23. The number of benzene rings is 3. The molecule has 0 spiro atoms. The van der Waals surface area contributed by atoms with Crippen molar-refractivity contribution in [1.29, 1.82) is 0 Å². The quantitative estimate of drug-likeness (QED) is 0.346. The molecule has 1 aliphatic rings. The lowest BCUT2D eigenvalue weighted by Crippen LogP contribution is -2.48. The summed E-state index contributed by atoms with van der Waals surface area (Å²) in [5.41, 5.74) is 1.46. The number of carbonyl (C=O) groups is 1. The number of rotatable bonds is 10. The van der Waals surface area contributed by atoms with Gasteiger partial charge in [0.05, 0.1) is 6.61 Å². The van der Waals surface area contributed by atoms with E-state index in [9.17, 15) is 4.79 Å². The van der Waals surface area contributed by atoms with Crippen LogP contribution in [0.4, 0.5) is 0 Å². The van der Waals surface area contributed by atoms with E-state index in [2.05, 4.69) is 21.2 Å². The summed E-state index contributed by atoms with van der Waals surface area (Å²) in [5.74, 6) is 0.885. The molecule has 8 heteroatoms. The average Bonchev–Trinajstić information content (AvgIpc) is 3.30. The second kappa shape index (κ2) is 11.7. The summed E-state index contributed by atoms with van der Waals surface area (Å²) < 4.78 is 12.5. The van der Waals surface area contributed by atoms with E-state index in [-0.39, 0.29) is 19.1 Å². The maximum Gasteiger partial charge on any atom is 0.252 e. The molecule has 4 rings (SSSR count). The number of aliphatic hydroxyl groups is 1. The minimum atomic E-state index is -1.11. The molecule has 0 bridgehead atoms. The van der Waals surface area contributed by atoms with Crippen molar-refractivity contribution in [3.8, 4) is 5.75 Å². The zero-order valence-electron chi connectivity index (χ0n) is 19.0. The van der Waals surface area contributed by atoms with E-state index >= 15 is 0 Å². The molecule has 0 radical (unpaired) electrons. The zero-order chi connectivity index (χ0) is 24.7. The molecular formula is C27H26BrClN2O4. The molecule has 1 atom stereocenters. The van der Waals surface area contributed by atoms with Gasteiger partial charge in [0.2, 0.25) is 5.90 Å². The highest BCUT2D eigenvalue weighted by Crippen LogP contribution is 2.28. The van der Waals surface area contributed by atoms with Gasteiger partial charge in [-0.1, -0.05) is 57.9 Å². The molecule has 0 aromatic heterocycles. The Morgan fingerprint density at radius 1 is 1.11 bits per heavy atom. The van der Waals surface area contributed by atoms with Crippen LogP contribution in [0.5, 0.6) is 5.75 Å². The van der Waals surface area contributed by atoms with Gasteiger partial charge < -0.3 is 19.9 Å². The first-order valence-electron chi connectivity index (χ1n) is 11.3. The topological polar surface area (TPSA) is 80.2 Å². The van der Waals surface area contributed by atoms with Crippen LogP contribution < -0.4 is 10.1 Å². The molecule has 1 heterocycles. The van der Waals surface area contributed by atoms with Crippen LogP contribution in [0.1, 0.15) is 23.1 Å². The van der Waals surface area contributed by atoms with Crippen LogP contribution in [0.2, 0.25) is 5.02 Å². The number of aliphatic imine (C=N–C) groups is 1. The van der Waals surface area contributed by atoms with Crippen LogP contribution in [0, 0.1) is 0 Å². The Kier molecular flexibility index (Phi) is 8.44. The van der Waals surface area contributed by atoms with Crippen molar-refractivity contribution in [3.05, 3.63) is 99.0 Å². The van der Waals surface area contributed by atoms with E-state index in [1.807, 2.05) is 66.7 Å².